The number of fused-ring (bicyclic) bond motifs is 2. The first-order chi connectivity index (χ1) is 10.1. The Morgan fingerprint density at radius 1 is 0.952 bits per heavy atom. The first-order valence-corrected chi connectivity index (χ1v) is 7.63. The number of benzene rings is 2. The molecular formula is C20H20O. The Kier molecular flexibility index (Phi) is 2.42. The summed E-state index contributed by atoms with van der Waals surface area (Å²) in [4.78, 5) is 0. The molecule has 1 spiro atoms. The van der Waals surface area contributed by atoms with E-state index in [2.05, 4.69) is 75.4 Å². The van der Waals surface area contributed by atoms with E-state index in [-0.39, 0.29) is 11.0 Å². The van der Waals surface area contributed by atoms with Gasteiger partial charge in [0.2, 0.25) is 0 Å². The van der Waals surface area contributed by atoms with Crippen LogP contribution in [0, 0.1) is 0 Å². The molecule has 0 N–H and O–H groups in total. The zero-order chi connectivity index (χ0) is 14.7. The Balaban J connectivity index is 1.92. The van der Waals surface area contributed by atoms with Crippen LogP contribution in [0.4, 0.5) is 0 Å². The Morgan fingerprint density at radius 3 is 2.48 bits per heavy atom. The van der Waals surface area contributed by atoms with Gasteiger partial charge in [-0.25, -0.2) is 0 Å². The number of rotatable bonds is 0. The molecule has 1 heterocycles. The lowest BCUT2D eigenvalue weighted by Gasteiger charge is -2.44. The Hall–Kier alpha value is -2.02. The molecule has 1 aliphatic heterocycles. The summed E-state index contributed by atoms with van der Waals surface area (Å²) in [6.07, 6.45) is 4.50. The van der Waals surface area contributed by atoms with Gasteiger partial charge in [-0.05, 0) is 23.3 Å². The molecule has 0 amide bonds. The second-order valence-corrected chi connectivity index (χ2v) is 6.70. The molecule has 0 fully saturated rings. The van der Waals surface area contributed by atoms with Gasteiger partial charge in [0.15, 0.2) is 0 Å². The molecule has 0 bridgehead atoms. The predicted octanol–water partition coefficient (Wildman–Crippen LogP) is 4.93. The zero-order valence-corrected chi connectivity index (χ0v) is 12.8. The minimum atomic E-state index is -0.301. The third kappa shape index (κ3) is 1.47. The smallest absolute Gasteiger partial charge is 0.143 e. The molecule has 1 heteroatoms. The summed E-state index contributed by atoms with van der Waals surface area (Å²) in [6, 6.07) is 17.0. The largest absolute Gasteiger partial charge is 0.481 e. The monoisotopic (exact) mass is 276 g/mol. The van der Waals surface area contributed by atoms with E-state index < -0.39 is 0 Å². The van der Waals surface area contributed by atoms with Crippen LogP contribution in [0.2, 0.25) is 0 Å². The SMILES string of the molecule is CC1c2ccccc2C(C)(C)C12C=Cc1ccccc1O2. The zero-order valence-electron chi connectivity index (χ0n) is 12.8. The van der Waals surface area contributed by atoms with E-state index in [0.717, 1.165) is 5.75 Å². The average Bonchev–Trinajstić information content (AvgIpc) is 2.67. The molecule has 2 aliphatic rings. The lowest BCUT2D eigenvalue weighted by molar-refractivity contribution is 0.0392. The molecule has 0 radical (unpaired) electrons. The second kappa shape index (κ2) is 4.00. The quantitative estimate of drug-likeness (QED) is 0.663. The van der Waals surface area contributed by atoms with Crippen molar-refractivity contribution >= 4 is 6.08 Å². The molecule has 0 saturated heterocycles. The minimum Gasteiger partial charge on any atom is -0.481 e. The highest BCUT2D eigenvalue weighted by molar-refractivity contribution is 5.64. The topological polar surface area (TPSA) is 9.23 Å². The fourth-order valence-corrected chi connectivity index (χ4v) is 4.14. The van der Waals surface area contributed by atoms with E-state index >= 15 is 0 Å². The van der Waals surface area contributed by atoms with Crippen molar-refractivity contribution in [2.24, 2.45) is 0 Å². The van der Waals surface area contributed by atoms with Crippen LogP contribution in [0.3, 0.4) is 0 Å². The van der Waals surface area contributed by atoms with Crippen LogP contribution in [0.15, 0.2) is 54.6 Å². The molecule has 0 aromatic heterocycles. The molecule has 21 heavy (non-hydrogen) atoms. The van der Waals surface area contributed by atoms with Crippen molar-refractivity contribution in [2.45, 2.75) is 37.7 Å². The van der Waals surface area contributed by atoms with Crippen LogP contribution in [-0.4, -0.2) is 5.60 Å². The van der Waals surface area contributed by atoms with E-state index in [4.69, 9.17) is 4.74 Å². The van der Waals surface area contributed by atoms with Gasteiger partial charge in [0.1, 0.15) is 11.4 Å². The van der Waals surface area contributed by atoms with Crippen LogP contribution >= 0.6 is 0 Å². The van der Waals surface area contributed by atoms with Crippen molar-refractivity contribution < 1.29 is 4.74 Å². The third-order valence-corrected chi connectivity index (χ3v) is 5.43. The van der Waals surface area contributed by atoms with E-state index in [0.29, 0.717) is 5.92 Å². The molecule has 1 aliphatic carbocycles. The molecule has 106 valence electrons. The summed E-state index contributed by atoms with van der Waals surface area (Å²) >= 11 is 0. The normalized spacial score (nSPS) is 28.0. The van der Waals surface area contributed by atoms with Crippen molar-refractivity contribution in [3.8, 4) is 5.75 Å². The summed E-state index contributed by atoms with van der Waals surface area (Å²) in [5.41, 5.74) is 3.63. The summed E-state index contributed by atoms with van der Waals surface area (Å²) in [7, 11) is 0. The van der Waals surface area contributed by atoms with Gasteiger partial charge in [-0.15, -0.1) is 0 Å². The van der Waals surface area contributed by atoms with E-state index in [1.165, 1.54) is 16.7 Å². The maximum Gasteiger partial charge on any atom is 0.143 e. The molecule has 1 nitrogen and oxygen atoms in total. The number of hydrogen-bond acceptors (Lipinski definition) is 1. The van der Waals surface area contributed by atoms with Crippen molar-refractivity contribution in [3.63, 3.8) is 0 Å². The van der Waals surface area contributed by atoms with Gasteiger partial charge < -0.3 is 4.74 Å². The predicted molar refractivity (Wildman–Crippen MR) is 86.7 cm³/mol. The average molecular weight is 276 g/mol. The third-order valence-electron chi connectivity index (χ3n) is 5.43. The molecule has 2 unspecified atom stereocenters. The number of para-hydroxylation sites is 1. The highest BCUT2D eigenvalue weighted by atomic mass is 16.5. The Labute approximate surface area is 126 Å². The standard InChI is InChI=1S/C20H20O/c1-14-16-9-5-6-10-17(16)19(2,3)20(14)13-12-15-8-4-7-11-18(15)21-20/h4-14H,1-3H3. The molecule has 4 rings (SSSR count). The van der Waals surface area contributed by atoms with Crippen LogP contribution in [0.5, 0.6) is 5.75 Å². The van der Waals surface area contributed by atoms with Gasteiger partial charge >= 0.3 is 0 Å². The van der Waals surface area contributed by atoms with E-state index in [9.17, 15) is 0 Å². The van der Waals surface area contributed by atoms with Gasteiger partial charge in [-0.2, -0.15) is 0 Å². The molecule has 2 aromatic carbocycles. The summed E-state index contributed by atoms with van der Waals surface area (Å²) in [5.74, 6) is 1.33. The first-order valence-electron chi connectivity index (χ1n) is 7.63. The van der Waals surface area contributed by atoms with Crippen LogP contribution in [-0.2, 0) is 5.41 Å². The van der Waals surface area contributed by atoms with Gasteiger partial charge in [0.25, 0.3) is 0 Å². The fourth-order valence-electron chi connectivity index (χ4n) is 4.14. The van der Waals surface area contributed by atoms with Crippen molar-refractivity contribution in [1.29, 1.82) is 0 Å². The van der Waals surface area contributed by atoms with Crippen LogP contribution in [0.25, 0.3) is 6.08 Å². The second-order valence-electron chi connectivity index (χ2n) is 6.70. The highest BCUT2D eigenvalue weighted by Crippen LogP contribution is 2.57. The van der Waals surface area contributed by atoms with Gasteiger partial charge in [-0.3, -0.25) is 0 Å². The molecule has 2 atom stereocenters. The molecule has 2 aromatic rings. The Bertz CT molecular complexity index is 741. The molecular weight excluding hydrogens is 256 g/mol. The highest BCUT2D eigenvalue weighted by Gasteiger charge is 2.58. The minimum absolute atomic E-state index is 0.0486. The van der Waals surface area contributed by atoms with E-state index in [1.54, 1.807) is 0 Å². The Morgan fingerprint density at radius 2 is 1.67 bits per heavy atom. The fraction of sp³-hybridized carbons (Fsp3) is 0.300. The maximum absolute atomic E-state index is 6.60. The maximum atomic E-state index is 6.60. The summed E-state index contributed by atoms with van der Waals surface area (Å²) < 4.78 is 6.60. The lowest BCUT2D eigenvalue weighted by Crippen LogP contribution is -2.50. The summed E-state index contributed by atoms with van der Waals surface area (Å²) in [6.45, 7) is 6.88. The number of ether oxygens (including phenoxy) is 1. The summed E-state index contributed by atoms with van der Waals surface area (Å²) in [5, 5.41) is 0. The molecule has 0 saturated carbocycles. The van der Waals surface area contributed by atoms with Crippen molar-refractivity contribution in [3.05, 3.63) is 71.3 Å². The number of hydrogen-bond donors (Lipinski definition) is 0. The van der Waals surface area contributed by atoms with Crippen molar-refractivity contribution in [1.82, 2.24) is 0 Å². The van der Waals surface area contributed by atoms with Gasteiger partial charge in [0, 0.05) is 16.9 Å². The van der Waals surface area contributed by atoms with Gasteiger partial charge in [-0.1, -0.05) is 69.3 Å². The van der Waals surface area contributed by atoms with Crippen LogP contribution < -0.4 is 4.74 Å². The van der Waals surface area contributed by atoms with E-state index in [1.807, 2.05) is 6.07 Å². The van der Waals surface area contributed by atoms with Gasteiger partial charge in [0.05, 0.1) is 0 Å². The lowest BCUT2D eigenvalue weighted by atomic mass is 9.71. The van der Waals surface area contributed by atoms with Crippen LogP contribution in [0.1, 0.15) is 43.4 Å². The first kappa shape index (κ1) is 12.7. The van der Waals surface area contributed by atoms with Crippen molar-refractivity contribution in [2.75, 3.05) is 0 Å².